The molecular weight excluding hydrogens is 282 g/mol. The summed E-state index contributed by atoms with van der Waals surface area (Å²) in [6.45, 7) is 3.97. The van der Waals surface area contributed by atoms with Gasteiger partial charge in [0.05, 0.1) is 12.7 Å². The molecule has 22 heavy (non-hydrogen) atoms. The number of rotatable bonds is 6. The lowest BCUT2D eigenvalue weighted by Gasteiger charge is -2.28. The second kappa shape index (κ2) is 6.96. The van der Waals surface area contributed by atoms with Crippen LogP contribution in [0.4, 0.5) is 0 Å². The van der Waals surface area contributed by atoms with Gasteiger partial charge in [-0.05, 0) is 30.5 Å². The predicted molar refractivity (Wildman–Crippen MR) is 83.0 cm³/mol. The van der Waals surface area contributed by atoms with Gasteiger partial charge < -0.3 is 19.3 Å². The van der Waals surface area contributed by atoms with E-state index in [1.165, 1.54) is 5.56 Å². The zero-order valence-corrected chi connectivity index (χ0v) is 13.2. The summed E-state index contributed by atoms with van der Waals surface area (Å²) in [6, 6.07) is 8.07. The monoisotopic (exact) mass is 307 g/mol. The quantitative estimate of drug-likeness (QED) is 0.862. The van der Waals surface area contributed by atoms with Gasteiger partial charge in [0.15, 0.2) is 0 Å². The topological polar surface area (TPSA) is 51.2 Å². The second-order valence-corrected chi connectivity index (χ2v) is 6.13. The molecule has 0 aromatic heterocycles. The van der Waals surface area contributed by atoms with Crippen LogP contribution in [0, 0.1) is 0 Å². The van der Waals surface area contributed by atoms with Crippen molar-refractivity contribution in [3.63, 3.8) is 0 Å². The minimum absolute atomic E-state index is 0.0377. The minimum atomic E-state index is -0.0983. The van der Waals surface area contributed by atoms with Crippen LogP contribution in [0.2, 0.25) is 0 Å². The van der Waals surface area contributed by atoms with Crippen molar-refractivity contribution in [2.75, 3.05) is 40.0 Å². The van der Waals surface area contributed by atoms with E-state index in [0.717, 1.165) is 44.8 Å². The summed E-state index contributed by atoms with van der Waals surface area (Å²) in [4.78, 5) is 2.41. The Kier molecular flexibility index (Phi) is 4.98. The summed E-state index contributed by atoms with van der Waals surface area (Å²) in [5.74, 6) is 0.796. The molecule has 0 aliphatic carbocycles. The number of hydrogen-bond donors (Lipinski definition) is 1. The summed E-state index contributed by atoms with van der Waals surface area (Å²) in [6.07, 6.45) is 2.39. The molecule has 2 heterocycles. The summed E-state index contributed by atoms with van der Waals surface area (Å²) in [5, 5.41) is 8.77. The highest BCUT2D eigenvalue weighted by molar-refractivity contribution is 5.27. The van der Waals surface area contributed by atoms with Crippen molar-refractivity contribution in [1.82, 2.24) is 4.90 Å². The van der Waals surface area contributed by atoms with Crippen molar-refractivity contribution in [3.05, 3.63) is 29.8 Å². The van der Waals surface area contributed by atoms with Gasteiger partial charge in [-0.15, -0.1) is 0 Å². The van der Waals surface area contributed by atoms with Crippen molar-refractivity contribution in [1.29, 1.82) is 0 Å². The zero-order chi connectivity index (χ0) is 15.4. The zero-order valence-electron chi connectivity index (χ0n) is 13.2. The van der Waals surface area contributed by atoms with E-state index in [1.807, 2.05) is 12.1 Å². The van der Waals surface area contributed by atoms with Crippen molar-refractivity contribution in [2.45, 2.75) is 31.1 Å². The fourth-order valence-electron chi connectivity index (χ4n) is 3.57. The van der Waals surface area contributed by atoms with E-state index in [9.17, 15) is 0 Å². The molecule has 0 amide bonds. The Labute approximate surface area is 131 Å². The first-order valence-electron chi connectivity index (χ1n) is 7.97. The number of aliphatic hydroxyl groups is 1. The van der Waals surface area contributed by atoms with Gasteiger partial charge in [-0.25, -0.2) is 0 Å². The van der Waals surface area contributed by atoms with Crippen LogP contribution in [0.25, 0.3) is 0 Å². The maximum Gasteiger partial charge on any atom is 0.119 e. The number of ether oxygens (including phenoxy) is 3. The predicted octanol–water partition coefficient (Wildman–Crippen LogP) is 1.44. The summed E-state index contributed by atoms with van der Waals surface area (Å²) in [5.41, 5.74) is 1.15. The van der Waals surface area contributed by atoms with Crippen LogP contribution >= 0.6 is 0 Å². The second-order valence-electron chi connectivity index (χ2n) is 6.13. The summed E-state index contributed by atoms with van der Waals surface area (Å²) >= 11 is 0. The maximum absolute atomic E-state index is 8.77. The molecule has 1 aromatic carbocycles. The first-order valence-corrected chi connectivity index (χ1v) is 7.97. The highest BCUT2D eigenvalue weighted by Crippen LogP contribution is 2.37. The Morgan fingerprint density at radius 3 is 2.82 bits per heavy atom. The van der Waals surface area contributed by atoms with E-state index < -0.39 is 0 Å². The standard InChI is InChI=1S/C17H25NO4/c1-20-16-12-18(13-17(16)7-2-9-22-17)11-14-3-5-15(6-4-14)21-10-8-19/h3-6,16,19H,2,7-13H2,1H3/t16-,17-/m0/s1. The third kappa shape index (κ3) is 3.27. The fraction of sp³-hybridized carbons (Fsp3) is 0.647. The Balaban J connectivity index is 1.59. The molecule has 1 spiro atoms. The molecule has 0 bridgehead atoms. The van der Waals surface area contributed by atoms with Gasteiger partial charge in [0.1, 0.15) is 18.0 Å². The Morgan fingerprint density at radius 1 is 1.36 bits per heavy atom. The van der Waals surface area contributed by atoms with Gasteiger partial charge in [0.2, 0.25) is 0 Å². The van der Waals surface area contributed by atoms with Crippen LogP contribution < -0.4 is 4.74 Å². The van der Waals surface area contributed by atoms with Gasteiger partial charge in [-0.2, -0.15) is 0 Å². The SMILES string of the molecule is CO[C@H]1CN(Cc2ccc(OCCO)cc2)C[C@@]12CCCO2. The summed E-state index contributed by atoms with van der Waals surface area (Å²) in [7, 11) is 1.78. The lowest BCUT2D eigenvalue weighted by Crippen LogP contribution is -2.41. The number of methoxy groups -OCH3 is 1. The van der Waals surface area contributed by atoms with Crippen molar-refractivity contribution in [2.24, 2.45) is 0 Å². The molecule has 1 aromatic rings. The van der Waals surface area contributed by atoms with Crippen LogP contribution in [0.3, 0.4) is 0 Å². The van der Waals surface area contributed by atoms with Gasteiger partial charge in [-0.3, -0.25) is 4.90 Å². The molecule has 122 valence electrons. The molecule has 2 fully saturated rings. The van der Waals surface area contributed by atoms with E-state index in [-0.39, 0.29) is 18.3 Å². The van der Waals surface area contributed by atoms with Gasteiger partial charge in [0, 0.05) is 33.4 Å². The largest absolute Gasteiger partial charge is 0.491 e. The van der Waals surface area contributed by atoms with E-state index in [1.54, 1.807) is 7.11 Å². The van der Waals surface area contributed by atoms with Crippen molar-refractivity contribution < 1.29 is 19.3 Å². The molecule has 2 saturated heterocycles. The Hall–Kier alpha value is -1.14. The van der Waals surface area contributed by atoms with E-state index in [4.69, 9.17) is 19.3 Å². The lowest BCUT2D eigenvalue weighted by atomic mass is 9.96. The van der Waals surface area contributed by atoms with Crippen molar-refractivity contribution in [3.8, 4) is 5.75 Å². The van der Waals surface area contributed by atoms with Gasteiger partial charge in [-0.1, -0.05) is 12.1 Å². The summed E-state index contributed by atoms with van der Waals surface area (Å²) < 4.78 is 17.1. The third-order valence-corrected chi connectivity index (χ3v) is 4.61. The molecule has 1 N–H and O–H groups in total. The number of aliphatic hydroxyl groups excluding tert-OH is 1. The van der Waals surface area contributed by atoms with Crippen LogP contribution in [0.5, 0.6) is 5.75 Å². The van der Waals surface area contributed by atoms with E-state index in [0.29, 0.717) is 6.61 Å². The lowest BCUT2D eigenvalue weighted by molar-refractivity contribution is -0.0756. The van der Waals surface area contributed by atoms with Gasteiger partial charge >= 0.3 is 0 Å². The number of nitrogens with zero attached hydrogens (tertiary/aromatic N) is 1. The molecule has 5 heteroatoms. The maximum atomic E-state index is 8.77. The van der Waals surface area contributed by atoms with E-state index in [2.05, 4.69) is 17.0 Å². The van der Waals surface area contributed by atoms with Crippen molar-refractivity contribution >= 4 is 0 Å². The molecular formula is C17H25NO4. The van der Waals surface area contributed by atoms with E-state index >= 15 is 0 Å². The molecule has 2 aliphatic rings. The Morgan fingerprint density at radius 2 is 2.18 bits per heavy atom. The number of likely N-dealkylation sites (tertiary alicyclic amines) is 1. The van der Waals surface area contributed by atoms with Crippen LogP contribution in [0.1, 0.15) is 18.4 Å². The third-order valence-electron chi connectivity index (χ3n) is 4.61. The minimum Gasteiger partial charge on any atom is -0.491 e. The molecule has 5 nitrogen and oxygen atoms in total. The highest BCUT2D eigenvalue weighted by atomic mass is 16.6. The number of benzene rings is 1. The first kappa shape index (κ1) is 15.7. The molecule has 3 rings (SSSR count). The average Bonchev–Trinajstić information content (AvgIpc) is 3.14. The molecule has 2 atom stereocenters. The average molecular weight is 307 g/mol. The van der Waals surface area contributed by atoms with Crippen LogP contribution in [-0.4, -0.2) is 61.7 Å². The van der Waals surface area contributed by atoms with Crippen LogP contribution in [0.15, 0.2) is 24.3 Å². The smallest absolute Gasteiger partial charge is 0.119 e. The number of hydrogen-bond acceptors (Lipinski definition) is 5. The fourth-order valence-corrected chi connectivity index (χ4v) is 3.57. The first-order chi connectivity index (χ1) is 10.8. The normalized spacial score (nSPS) is 28.5. The Bertz CT molecular complexity index is 470. The molecule has 0 radical (unpaired) electrons. The van der Waals surface area contributed by atoms with Crippen LogP contribution in [-0.2, 0) is 16.0 Å². The highest BCUT2D eigenvalue weighted by Gasteiger charge is 2.49. The molecule has 2 aliphatic heterocycles. The van der Waals surface area contributed by atoms with Gasteiger partial charge in [0.25, 0.3) is 0 Å². The molecule has 0 unspecified atom stereocenters. The molecule has 0 saturated carbocycles.